The standard InChI is InChI=1S/C10H16N2O2/c1-12(7-4-6-11)10(13)9-5-2-3-8-14-9/h9H,2-5,7-8H2,1H3. The van der Waals surface area contributed by atoms with Gasteiger partial charge in [-0.25, -0.2) is 0 Å². The van der Waals surface area contributed by atoms with E-state index in [9.17, 15) is 4.79 Å². The number of nitriles is 1. The fraction of sp³-hybridized carbons (Fsp3) is 0.800. The molecule has 1 aliphatic heterocycles. The van der Waals surface area contributed by atoms with Gasteiger partial charge in [0.25, 0.3) is 5.91 Å². The maximum Gasteiger partial charge on any atom is 0.251 e. The molecule has 0 radical (unpaired) electrons. The lowest BCUT2D eigenvalue weighted by molar-refractivity contribution is -0.145. The van der Waals surface area contributed by atoms with Crippen molar-refractivity contribution in [1.82, 2.24) is 4.90 Å². The minimum Gasteiger partial charge on any atom is -0.368 e. The number of likely N-dealkylation sites (N-methyl/N-ethyl adjacent to an activating group) is 1. The number of amides is 1. The second-order valence-electron chi connectivity index (χ2n) is 3.52. The summed E-state index contributed by atoms with van der Waals surface area (Å²) in [5.41, 5.74) is 0. The summed E-state index contributed by atoms with van der Waals surface area (Å²) < 4.78 is 5.37. The van der Waals surface area contributed by atoms with Gasteiger partial charge in [0.1, 0.15) is 6.10 Å². The second kappa shape index (κ2) is 5.61. The number of rotatable bonds is 3. The van der Waals surface area contributed by atoms with Crippen molar-refractivity contribution in [3.8, 4) is 6.07 Å². The Bertz CT molecular complexity index is 229. The van der Waals surface area contributed by atoms with Gasteiger partial charge in [0, 0.05) is 20.2 Å². The van der Waals surface area contributed by atoms with E-state index in [1.807, 2.05) is 6.07 Å². The number of nitrogens with zero attached hydrogens (tertiary/aromatic N) is 2. The van der Waals surface area contributed by atoms with E-state index >= 15 is 0 Å². The molecule has 0 spiro atoms. The third-order valence-electron chi connectivity index (χ3n) is 2.39. The van der Waals surface area contributed by atoms with Crippen molar-refractivity contribution < 1.29 is 9.53 Å². The second-order valence-corrected chi connectivity index (χ2v) is 3.52. The van der Waals surface area contributed by atoms with Crippen molar-refractivity contribution in [1.29, 1.82) is 5.26 Å². The molecule has 0 aromatic heterocycles. The summed E-state index contributed by atoms with van der Waals surface area (Å²) in [5.74, 6) is 0.0138. The molecule has 1 aliphatic rings. The molecule has 0 bridgehead atoms. The molecule has 4 nitrogen and oxygen atoms in total. The van der Waals surface area contributed by atoms with Crippen LogP contribution in [0.2, 0.25) is 0 Å². The van der Waals surface area contributed by atoms with E-state index in [1.54, 1.807) is 11.9 Å². The Hall–Kier alpha value is -1.08. The van der Waals surface area contributed by atoms with Crippen LogP contribution in [0.1, 0.15) is 25.7 Å². The van der Waals surface area contributed by atoms with Crippen LogP contribution in [0.25, 0.3) is 0 Å². The molecule has 14 heavy (non-hydrogen) atoms. The Labute approximate surface area is 84.4 Å². The third kappa shape index (κ3) is 3.00. The molecule has 1 amide bonds. The molecule has 78 valence electrons. The zero-order valence-corrected chi connectivity index (χ0v) is 8.53. The summed E-state index contributed by atoms with van der Waals surface area (Å²) in [6.07, 6.45) is 3.03. The Kier molecular flexibility index (Phi) is 4.41. The largest absolute Gasteiger partial charge is 0.368 e. The predicted octanol–water partition coefficient (Wildman–Crippen LogP) is 0.928. The van der Waals surface area contributed by atoms with Crippen LogP contribution in [0, 0.1) is 11.3 Å². The SMILES string of the molecule is CN(CCC#N)C(=O)C1CCCCO1. The van der Waals surface area contributed by atoms with Gasteiger partial charge in [-0.05, 0) is 19.3 Å². The molecule has 4 heteroatoms. The van der Waals surface area contributed by atoms with E-state index in [0.29, 0.717) is 19.6 Å². The van der Waals surface area contributed by atoms with Crippen LogP contribution in [0.5, 0.6) is 0 Å². The van der Waals surface area contributed by atoms with Crippen molar-refractivity contribution in [2.75, 3.05) is 20.2 Å². The van der Waals surface area contributed by atoms with Gasteiger partial charge in [0.2, 0.25) is 0 Å². The Morgan fingerprint density at radius 1 is 1.64 bits per heavy atom. The van der Waals surface area contributed by atoms with E-state index in [1.165, 1.54) is 0 Å². The van der Waals surface area contributed by atoms with Crippen molar-refractivity contribution in [2.24, 2.45) is 0 Å². The van der Waals surface area contributed by atoms with Gasteiger partial charge < -0.3 is 9.64 Å². The Morgan fingerprint density at radius 3 is 3.00 bits per heavy atom. The molecular formula is C10H16N2O2. The lowest BCUT2D eigenvalue weighted by Gasteiger charge is -2.26. The molecule has 0 aliphatic carbocycles. The van der Waals surface area contributed by atoms with Gasteiger partial charge in [-0.15, -0.1) is 0 Å². The average Bonchev–Trinajstić information content (AvgIpc) is 2.26. The summed E-state index contributed by atoms with van der Waals surface area (Å²) in [6.45, 7) is 1.18. The van der Waals surface area contributed by atoms with Crippen LogP contribution in [0.3, 0.4) is 0 Å². The zero-order chi connectivity index (χ0) is 10.4. The molecule has 1 saturated heterocycles. The molecule has 1 fully saturated rings. The van der Waals surface area contributed by atoms with Crippen LogP contribution < -0.4 is 0 Å². The molecule has 1 atom stereocenters. The molecule has 1 unspecified atom stereocenters. The minimum absolute atomic E-state index is 0.0138. The monoisotopic (exact) mass is 196 g/mol. The van der Waals surface area contributed by atoms with Crippen LogP contribution in [-0.4, -0.2) is 37.1 Å². The van der Waals surface area contributed by atoms with E-state index in [0.717, 1.165) is 19.3 Å². The van der Waals surface area contributed by atoms with Gasteiger partial charge in [-0.2, -0.15) is 5.26 Å². The lowest BCUT2D eigenvalue weighted by Crippen LogP contribution is -2.40. The summed E-state index contributed by atoms with van der Waals surface area (Å²) in [6, 6.07) is 2.02. The van der Waals surface area contributed by atoms with Crippen LogP contribution >= 0.6 is 0 Å². The topological polar surface area (TPSA) is 53.3 Å². The van der Waals surface area contributed by atoms with Crippen molar-refractivity contribution in [3.63, 3.8) is 0 Å². The first-order chi connectivity index (χ1) is 6.75. The number of carbonyl (C=O) groups is 1. The molecule has 0 saturated carbocycles. The maximum atomic E-state index is 11.7. The quantitative estimate of drug-likeness (QED) is 0.674. The highest BCUT2D eigenvalue weighted by atomic mass is 16.5. The molecule has 0 aromatic rings. The van der Waals surface area contributed by atoms with E-state index in [2.05, 4.69) is 0 Å². The number of hydrogen-bond donors (Lipinski definition) is 0. The maximum absolute atomic E-state index is 11.7. The molecule has 1 rings (SSSR count). The molecule has 0 aromatic carbocycles. The predicted molar refractivity (Wildman–Crippen MR) is 51.5 cm³/mol. The van der Waals surface area contributed by atoms with Gasteiger partial charge >= 0.3 is 0 Å². The summed E-state index contributed by atoms with van der Waals surface area (Å²) in [4.78, 5) is 13.3. The highest BCUT2D eigenvalue weighted by Gasteiger charge is 2.24. The van der Waals surface area contributed by atoms with Gasteiger partial charge in [0.05, 0.1) is 12.5 Å². The first-order valence-corrected chi connectivity index (χ1v) is 4.99. The Balaban J connectivity index is 2.35. The minimum atomic E-state index is -0.271. The Morgan fingerprint density at radius 2 is 2.43 bits per heavy atom. The average molecular weight is 196 g/mol. The first-order valence-electron chi connectivity index (χ1n) is 4.99. The summed E-state index contributed by atoms with van der Waals surface area (Å²) in [7, 11) is 1.72. The fourth-order valence-electron chi connectivity index (χ4n) is 1.51. The van der Waals surface area contributed by atoms with Gasteiger partial charge in [0.15, 0.2) is 0 Å². The number of ether oxygens (including phenoxy) is 1. The lowest BCUT2D eigenvalue weighted by atomic mass is 10.1. The highest BCUT2D eigenvalue weighted by Crippen LogP contribution is 2.14. The van der Waals surface area contributed by atoms with E-state index in [4.69, 9.17) is 10.00 Å². The molecule has 0 N–H and O–H groups in total. The van der Waals surface area contributed by atoms with E-state index in [-0.39, 0.29) is 12.0 Å². The smallest absolute Gasteiger partial charge is 0.251 e. The fourth-order valence-corrected chi connectivity index (χ4v) is 1.51. The number of hydrogen-bond acceptors (Lipinski definition) is 3. The normalized spacial score (nSPS) is 21.3. The van der Waals surface area contributed by atoms with Crippen molar-refractivity contribution >= 4 is 5.91 Å². The summed E-state index contributed by atoms with van der Waals surface area (Å²) in [5, 5.41) is 8.39. The van der Waals surface area contributed by atoms with Gasteiger partial charge in [-0.1, -0.05) is 0 Å². The number of carbonyl (C=O) groups excluding carboxylic acids is 1. The molecular weight excluding hydrogens is 180 g/mol. The van der Waals surface area contributed by atoms with Crippen LogP contribution in [-0.2, 0) is 9.53 Å². The van der Waals surface area contributed by atoms with Crippen LogP contribution in [0.15, 0.2) is 0 Å². The third-order valence-corrected chi connectivity index (χ3v) is 2.39. The first kappa shape index (κ1) is 11.0. The van der Waals surface area contributed by atoms with Gasteiger partial charge in [-0.3, -0.25) is 4.79 Å². The van der Waals surface area contributed by atoms with Crippen LogP contribution in [0.4, 0.5) is 0 Å². The summed E-state index contributed by atoms with van der Waals surface area (Å²) >= 11 is 0. The van der Waals surface area contributed by atoms with Crippen molar-refractivity contribution in [2.45, 2.75) is 31.8 Å². The van der Waals surface area contributed by atoms with Crippen molar-refractivity contribution in [3.05, 3.63) is 0 Å². The zero-order valence-electron chi connectivity index (χ0n) is 8.53. The highest BCUT2D eigenvalue weighted by molar-refractivity contribution is 5.80. The molecule has 1 heterocycles. The van der Waals surface area contributed by atoms with E-state index < -0.39 is 0 Å².